The van der Waals surface area contributed by atoms with Gasteiger partial charge in [0.15, 0.2) is 5.43 Å². The number of carbonyl (C=O) groups is 1. The Morgan fingerprint density at radius 3 is 2.53 bits per heavy atom. The van der Waals surface area contributed by atoms with Crippen molar-refractivity contribution in [1.29, 1.82) is 0 Å². The van der Waals surface area contributed by atoms with Gasteiger partial charge in [0.1, 0.15) is 11.7 Å². The van der Waals surface area contributed by atoms with Crippen LogP contribution in [0.25, 0.3) is 0 Å². The average Bonchev–Trinajstić information content (AvgIpc) is 2.75. The van der Waals surface area contributed by atoms with E-state index in [1.807, 2.05) is 0 Å². The van der Waals surface area contributed by atoms with Gasteiger partial charge in [-0.15, -0.1) is 0 Å². The minimum Gasteiger partial charge on any atom is -0.444 e. The van der Waals surface area contributed by atoms with Gasteiger partial charge in [-0.3, -0.25) is 4.79 Å². The molecule has 0 saturated heterocycles. The van der Waals surface area contributed by atoms with Gasteiger partial charge >= 0.3 is 6.09 Å². The van der Waals surface area contributed by atoms with Crippen molar-refractivity contribution in [1.82, 2.24) is 5.32 Å². The second kappa shape index (κ2) is 4.02. The predicted octanol–water partition coefficient (Wildman–Crippen LogP) is 0.480. The fourth-order valence-electron chi connectivity index (χ4n) is 0.970. The first-order valence-corrected chi connectivity index (χ1v) is 4.70. The van der Waals surface area contributed by atoms with E-state index in [0.29, 0.717) is 5.56 Å². The van der Waals surface area contributed by atoms with Crippen molar-refractivity contribution in [2.45, 2.75) is 32.5 Å². The summed E-state index contributed by atoms with van der Waals surface area (Å²) in [5.74, 6) is 0. The number of carbonyl (C=O) groups excluding carboxylic acids is 1. The van der Waals surface area contributed by atoms with E-state index in [4.69, 9.17) is 4.74 Å². The molecule has 0 aliphatic rings. The molecule has 1 atom stereocenters. The number of rotatable bonds is 3. The minimum atomic E-state index is -0.926. The standard InChI is InChI=1S/C10H15NO4/c1-10(2,3)15-9(14)11-5-8(13)6-4-7(6)12/h4,8,13H,5H2,1-3H3,(H,11,14). The summed E-state index contributed by atoms with van der Waals surface area (Å²) in [4.78, 5) is 21.7. The smallest absolute Gasteiger partial charge is 0.407 e. The molecule has 5 heteroatoms. The number of hydrogen-bond acceptors (Lipinski definition) is 4. The van der Waals surface area contributed by atoms with E-state index in [1.54, 1.807) is 20.8 Å². The van der Waals surface area contributed by atoms with Crippen molar-refractivity contribution in [3.63, 3.8) is 0 Å². The van der Waals surface area contributed by atoms with Crippen LogP contribution in [0.3, 0.4) is 0 Å². The molecule has 0 fully saturated rings. The zero-order valence-corrected chi connectivity index (χ0v) is 9.03. The quantitative estimate of drug-likeness (QED) is 0.765. The normalized spacial score (nSPS) is 13.9. The van der Waals surface area contributed by atoms with Crippen molar-refractivity contribution in [3.05, 3.63) is 21.9 Å². The lowest BCUT2D eigenvalue weighted by Crippen LogP contribution is -2.34. The molecule has 0 aliphatic heterocycles. The first-order valence-electron chi connectivity index (χ1n) is 4.70. The minimum absolute atomic E-state index is 0.00745. The maximum Gasteiger partial charge on any atom is 0.407 e. The number of alkyl carbamates (subject to hydrolysis) is 1. The summed E-state index contributed by atoms with van der Waals surface area (Å²) >= 11 is 0. The number of aliphatic hydroxyl groups is 1. The summed E-state index contributed by atoms with van der Waals surface area (Å²) in [7, 11) is 0. The Labute approximate surface area is 87.7 Å². The highest BCUT2D eigenvalue weighted by molar-refractivity contribution is 5.67. The lowest BCUT2D eigenvalue weighted by molar-refractivity contribution is 0.0493. The van der Waals surface area contributed by atoms with Crippen LogP contribution in [0.4, 0.5) is 4.79 Å². The predicted molar refractivity (Wildman–Crippen MR) is 54.3 cm³/mol. The summed E-state index contributed by atoms with van der Waals surface area (Å²) in [6.45, 7) is 5.23. The van der Waals surface area contributed by atoms with E-state index in [1.165, 1.54) is 6.07 Å². The summed E-state index contributed by atoms with van der Waals surface area (Å²) in [5.41, 5.74) is -0.372. The summed E-state index contributed by atoms with van der Waals surface area (Å²) in [6.07, 6.45) is -1.53. The van der Waals surface area contributed by atoms with Crippen LogP contribution >= 0.6 is 0 Å². The van der Waals surface area contributed by atoms with E-state index in [9.17, 15) is 14.7 Å². The van der Waals surface area contributed by atoms with E-state index >= 15 is 0 Å². The Morgan fingerprint density at radius 2 is 2.13 bits per heavy atom. The maximum atomic E-state index is 11.1. The molecule has 0 bridgehead atoms. The Morgan fingerprint density at radius 1 is 1.60 bits per heavy atom. The summed E-state index contributed by atoms with van der Waals surface area (Å²) in [5, 5.41) is 11.7. The van der Waals surface area contributed by atoms with E-state index < -0.39 is 17.8 Å². The zero-order chi connectivity index (χ0) is 11.6. The molecule has 0 heterocycles. The molecule has 0 radical (unpaired) electrons. The second-order valence-corrected chi connectivity index (χ2v) is 4.36. The molecule has 0 spiro atoms. The highest BCUT2D eigenvalue weighted by Crippen LogP contribution is 2.10. The van der Waals surface area contributed by atoms with Crippen LogP contribution in [0.15, 0.2) is 10.9 Å². The molecule has 2 N–H and O–H groups in total. The Bertz CT molecular complexity index is 357. The van der Waals surface area contributed by atoms with Crippen LogP contribution in [-0.2, 0) is 4.74 Å². The van der Waals surface area contributed by atoms with E-state index in [2.05, 4.69) is 5.32 Å². The number of hydrogen-bond donors (Lipinski definition) is 2. The molecule has 5 nitrogen and oxygen atoms in total. The van der Waals surface area contributed by atoms with Gasteiger partial charge in [0.25, 0.3) is 0 Å². The molecule has 0 aliphatic carbocycles. The Kier molecular flexibility index (Phi) is 3.14. The van der Waals surface area contributed by atoms with Gasteiger partial charge in [0, 0.05) is 5.56 Å². The molecule has 1 aromatic rings. The fourth-order valence-corrected chi connectivity index (χ4v) is 0.970. The zero-order valence-electron chi connectivity index (χ0n) is 9.03. The second-order valence-electron chi connectivity index (χ2n) is 4.36. The van der Waals surface area contributed by atoms with Crippen molar-refractivity contribution < 1.29 is 14.6 Å². The van der Waals surface area contributed by atoms with Gasteiger partial charge in [-0.2, -0.15) is 0 Å². The molecule has 1 rings (SSSR count). The molecule has 1 aromatic carbocycles. The van der Waals surface area contributed by atoms with Gasteiger partial charge < -0.3 is 15.2 Å². The molecule has 84 valence electrons. The van der Waals surface area contributed by atoms with Crippen molar-refractivity contribution in [2.24, 2.45) is 0 Å². The molecular formula is C10H15NO4. The van der Waals surface area contributed by atoms with Gasteiger partial charge in [-0.1, -0.05) is 0 Å². The summed E-state index contributed by atoms with van der Waals surface area (Å²) < 4.78 is 4.95. The van der Waals surface area contributed by atoms with E-state index in [-0.39, 0.29) is 12.0 Å². The third kappa shape index (κ3) is 4.12. The third-order valence-electron chi connectivity index (χ3n) is 1.69. The van der Waals surface area contributed by atoms with Crippen LogP contribution in [0.1, 0.15) is 32.4 Å². The largest absolute Gasteiger partial charge is 0.444 e. The van der Waals surface area contributed by atoms with Gasteiger partial charge in [0.2, 0.25) is 0 Å². The SMILES string of the molecule is CC(C)(C)OC(=O)NCC(O)c1cc1=O. The Balaban J connectivity index is 2.26. The van der Waals surface area contributed by atoms with Gasteiger partial charge in [-0.05, 0) is 26.8 Å². The summed E-state index contributed by atoms with van der Waals surface area (Å²) in [6, 6.07) is 1.33. The van der Waals surface area contributed by atoms with Crippen LogP contribution in [0, 0.1) is 0 Å². The number of ether oxygens (including phenoxy) is 1. The molecule has 15 heavy (non-hydrogen) atoms. The van der Waals surface area contributed by atoms with Crippen molar-refractivity contribution in [2.75, 3.05) is 6.54 Å². The number of nitrogens with one attached hydrogen (secondary N) is 1. The van der Waals surface area contributed by atoms with Gasteiger partial charge in [0.05, 0.1) is 6.54 Å². The maximum absolute atomic E-state index is 11.1. The molecule has 1 amide bonds. The molecule has 1 unspecified atom stereocenters. The lowest BCUT2D eigenvalue weighted by atomic mass is 10.2. The topological polar surface area (TPSA) is 75.6 Å². The van der Waals surface area contributed by atoms with Gasteiger partial charge in [-0.25, -0.2) is 4.79 Å². The Hall–Kier alpha value is -1.36. The van der Waals surface area contributed by atoms with Crippen molar-refractivity contribution in [3.8, 4) is 0 Å². The van der Waals surface area contributed by atoms with Crippen LogP contribution in [0.2, 0.25) is 0 Å². The van der Waals surface area contributed by atoms with E-state index in [0.717, 1.165) is 0 Å². The first-order chi connectivity index (χ1) is 6.79. The van der Waals surface area contributed by atoms with Crippen LogP contribution in [-0.4, -0.2) is 23.3 Å². The fraction of sp³-hybridized carbons (Fsp3) is 0.600. The monoisotopic (exact) mass is 213 g/mol. The molecule has 0 saturated carbocycles. The van der Waals surface area contributed by atoms with Crippen LogP contribution in [0.5, 0.6) is 0 Å². The number of aliphatic hydroxyl groups excluding tert-OH is 1. The highest BCUT2D eigenvalue weighted by atomic mass is 16.6. The highest BCUT2D eigenvalue weighted by Gasteiger charge is 2.21. The molecular weight excluding hydrogens is 198 g/mol. The van der Waals surface area contributed by atoms with Crippen LogP contribution < -0.4 is 10.7 Å². The average molecular weight is 213 g/mol. The first kappa shape index (κ1) is 11.7. The lowest BCUT2D eigenvalue weighted by Gasteiger charge is -2.20. The molecule has 0 aromatic heterocycles. The third-order valence-corrected chi connectivity index (χ3v) is 1.69. The number of amides is 1. The van der Waals surface area contributed by atoms with Crippen molar-refractivity contribution >= 4 is 6.09 Å².